The Morgan fingerprint density at radius 3 is 2.37 bits per heavy atom. The highest BCUT2D eigenvalue weighted by Gasteiger charge is 2.05. The van der Waals surface area contributed by atoms with E-state index in [0.29, 0.717) is 0 Å². The Morgan fingerprint density at radius 2 is 1.68 bits per heavy atom. The highest BCUT2D eigenvalue weighted by molar-refractivity contribution is 5.32. The number of unbranched alkanes of at least 4 members (excludes halogenated alkanes) is 3. The van der Waals surface area contributed by atoms with E-state index in [1.807, 2.05) is 0 Å². The number of rotatable bonds is 6. The van der Waals surface area contributed by atoms with Crippen molar-refractivity contribution in [1.29, 1.82) is 0 Å². The molecule has 102 valence electrons. The first-order valence-electron chi connectivity index (χ1n) is 7.33. The average Bonchev–Trinajstić information content (AvgIpc) is 2.75. The molecule has 0 unspecified atom stereocenters. The van der Waals surface area contributed by atoms with Crippen LogP contribution in [0.25, 0.3) is 5.82 Å². The maximum atomic E-state index is 4.80. The van der Waals surface area contributed by atoms with Crippen LogP contribution in [0.1, 0.15) is 49.7 Å². The average molecular weight is 256 g/mol. The summed E-state index contributed by atoms with van der Waals surface area (Å²) in [6, 6.07) is 10.6. The van der Waals surface area contributed by atoms with E-state index in [1.165, 1.54) is 42.8 Å². The smallest absolute Gasteiger partial charge is 0.137 e. The van der Waals surface area contributed by atoms with Crippen molar-refractivity contribution in [3.8, 4) is 5.82 Å². The zero-order chi connectivity index (χ0) is 13.7. The van der Waals surface area contributed by atoms with Gasteiger partial charge in [-0.3, -0.25) is 0 Å². The predicted octanol–water partition coefficient (Wildman–Crippen LogP) is 4.61. The molecule has 19 heavy (non-hydrogen) atoms. The molecule has 0 spiro atoms. The lowest BCUT2D eigenvalue weighted by Crippen LogP contribution is -2.03. The molecule has 0 fully saturated rings. The summed E-state index contributed by atoms with van der Waals surface area (Å²) in [7, 11) is 0. The summed E-state index contributed by atoms with van der Waals surface area (Å²) < 4.78 is 2.22. The molecule has 0 N–H and O–H groups in total. The SMILES string of the molecule is CCCCCCc1cccc(-n2c(C)ccc2C)n1. The summed E-state index contributed by atoms with van der Waals surface area (Å²) in [5.41, 5.74) is 3.70. The van der Waals surface area contributed by atoms with Crippen LogP contribution in [0.2, 0.25) is 0 Å². The van der Waals surface area contributed by atoms with Gasteiger partial charge in [0.15, 0.2) is 0 Å². The van der Waals surface area contributed by atoms with Crippen molar-refractivity contribution in [2.45, 2.75) is 52.9 Å². The first-order valence-corrected chi connectivity index (χ1v) is 7.33. The van der Waals surface area contributed by atoms with Gasteiger partial charge in [-0.25, -0.2) is 4.98 Å². The first-order chi connectivity index (χ1) is 9.22. The molecule has 0 saturated carbocycles. The van der Waals surface area contributed by atoms with Crippen LogP contribution < -0.4 is 0 Å². The molecule has 0 bridgehead atoms. The van der Waals surface area contributed by atoms with Crippen molar-refractivity contribution in [1.82, 2.24) is 9.55 Å². The molecule has 0 radical (unpaired) electrons. The second-order valence-electron chi connectivity index (χ2n) is 5.25. The van der Waals surface area contributed by atoms with Gasteiger partial charge in [0.1, 0.15) is 5.82 Å². The molecule has 0 aromatic carbocycles. The van der Waals surface area contributed by atoms with E-state index in [-0.39, 0.29) is 0 Å². The van der Waals surface area contributed by atoms with Crippen LogP contribution in [0.5, 0.6) is 0 Å². The molecule has 0 aliphatic carbocycles. The van der Waals surface area contributed by atoms with Gasteiger partial charge in [0.25, 0.3) is 0 Å². The highest BCUT2D eigenvalue weighted by atomic mass is 15.1. The third-order valence-corrected chi connectivity index (χ3v) is 3.58. The van der Waals surface area contributed by atoms with Gasteiger partial charge in [0, 0.05) is 17.1 Å². The molecule has 0 aliphatic rings. The molecule has 0 amide bonds. The highest BCUT2D eigenvalue weighted by Crippen LogP contribution is 2.15. The van der Waals surface area contributed by atoms with Crippen LogP contribution in [0.3, 0.4) is 0 Å². The van der Waals surface area contributed by atoms with E-state index >= 15 is 0 Å². The predicted molar refractivity (Wildman–Crippen MR) is 80.9 cm³/mol. The topological polar surface area (TPSA) is 17.8 Å². The number of hydrogen-bond donors (Lipinski definition) is 0. The second-order valence-corrected chi connectivity index (χ2v) is 5.25. The van der Waals surface area contributed by atoms with Crippen LogP contribution in [-0.4, -0.2) is 9.55 Å². The molecule has 0 saturated heterocycles. The Labute approximate surface area is 116 Å². The van der Waals surface area contributed by atoms with E-state index in [0.717, 1.165) is 12.2 Å². The monoisotopic (exact) mass is 256 g/mol. The summed E-state index contributed by atoms with van der Waals surface area (Å²) in [6.07, 6.45) is 6.26. The molecule has 2 nitrogen and oxygen atoms in total. The van der Waals surface area contributed by atoms with E-state index in [9.17, 15) is 0 Å². The van der Waals surface area contributed by atoms with Gasteiger partial charge < -0.3 is 4.57 Å². The van der Waals surface area contributed by atoms with E-state index in [1.54, 1.807) is 0 Å². The quantitative estimate of drug-likeness (QED) is 0.690. The summed E-state index contributed by atoms with van der Waals surface area (Å²) in [6.45, 7) is 6.50. The van der Waals surface area contributed by atoms with Gasteiger partial charge in [-0.2, -0.15) is 0 Å². The van der Waals surface area contributed by atoms with Crippen molar-refractivity contribution in [2.75, 3.05) is 0 Å². The van der Waals surface area contributed by atoms with Crippen molar-refractivity contribution >= 4 is 0 Å². The van der Waals surface area contributed by atoms with Crippen LogP contribution in [0, 0.1) is 13.8 Å². The molecular formula is C17H24N2. The molecule has 0 aliphatic heterocycles. The van der Waals surface area contributed by atoms with E-state index in [4.69, 9.17) is 4.98 Å². The normalized spacial score (nSPS) is 10.9. The number of nitrogens with zero attached hydrogens (tertiary/aromatic N) is 2. The molecule has 2 heteroatoms. The number of pyridine rings is 1. The Hall–Kier alpha value is -1.57. The lowest BCUT2D eigenvalue weighted by Gasteiger charge is -2.10. The Bertz CT molecular complexity index is 506. The van der Waals surface area contributed by atoms with Gasteiger partial charge >= 0.3 is 0 Å². The summed E-state index contributed by atoms with van der Waals surface area (Å²) in [4.78, 5) is 4.80. The molecular weight excluding hydrogens is 232 g/mol. The van der Waals surface area contributed by atoms with Gasteiger partial charge in [-0.1, -0.05) is 32.3 Å². The maximum absolute atomic E-state index is 4.80. The molecule has 2 aromatic heterocycles. The van der Waals surface area contributed by atoms with Crippen LogP contribution >= 0.6 is 0 Å². The van der Waals surface area contributed by atoms with Gasteiger partial charge in [-0.05, 0) is 51.0 Å². The maximum Gasteiger partial charge on any atom is 0.137 e. The number of aryl methyl sites for hydroxylation is 3. The molecule has 2 aromatic rings. The van der Waals surface area contributed by atoms with Crippen molar-refractivity contribution in [2.24, 2.45) is 0 Å². The number of hydrogen-bond acceptors (Lipinski definition) is 1. The fourth-order valence-electron chi connectivity index (χ4n) is 2.49. The molecule has 2 heterocycles. The fraction of sp³-hybridized carbons (Fsp3) is 0.471. The first kappa shape index (κ1) is 13.9. The third kappa shape index (κ3) is 3.46. The van der Waals surface area contributed by atoms with E-state index in [2.05, 4.69) is 55.7 Å². The van der Waals surface area contributed by atoms with Crippen LogP contribution in [-0.2, 0) is 6.42 Å². The largest absolute Gasteiger partial charge is 0.303 e. The van der Waals surface area contributed by atoms with Crippen LogP contribution in [0.4, 0.5) is 0 Å². The van der Waals surface area contributed by atoms with Crippen molar-refractivity contribution in [3.63, 3.8) is 0 Å². The summed E-state index contributed by atoms with van der Waals surface area (Å²) >= 11 is 0. The standard InChI is InChI=1S/C17H24N2/c1-4-5-6-7-9-16-10-8-11-17(18-16)19-14(2)12-13-15(19)3/h8,10-13H,4-7,9H2,1-3H3. The Balaban J connectivity index is 2.11. The minimum atomic E-state index is 1.05. The second kappa shape index (κ2) is 6.55. The van der Waals surface area contributed by atoms with Crippen molar-refractivity contribution in [3.05, 3.63) is 47.4 Å². The molecule has 0 atom stereocenters. The molecule has 2 rings (SSSR count). The van der Waals surface area contributed by atoms with Gasteiger partial charge in [0.2, 0.25) is 0 Å². The third-order valence-electron chi connectivity index (χ3n) is 3.58. The minimum Gasteiger partial charge on any atom is -0.303 e. The Morgan fingerprint density at radius 1 is 0.947 bits per heavy atom. The zero-order valence-electron chi connectivity index (χ0n) is 12.3. The zero-order valence-corrected chi connectivity index (χ0v) is 12.3. The van der Waals surface area contributed by atoms with Crippen molar-refractivity contribution < 1.29 is 0 Å². The van der Waals surface area contributed by atoms with E-state index < -0.39 is 0 Å². The summed E-state index contributed by atoms with van der Waals surface area (Å²) in [5.74, 6) is 1.05. The lowest BCUT2D eigenvalue weighted by atomic mass is 10.1. The minimum absolute atomic E-state index is 1.05. The van der Waals surface area contributed by atoms with Crippen LogP contribution in [0.15, 0.2) is 30.3 Å². The van der Waals surface area contributed by atoms with Gasteiger partial charge in [0.05, 0.1) is 0 Å². The van der Waals surface area contributed by atoms with Gasteiger partial charge in [-0.15, -0.1) is 0 Å². The fourth-order valence-corrected chi connectivity index (χ4v) is 2.49. The summed E-state index contributed by atoms with van der Waals surface area (Å²) in [5, 5.41) is 0. The number of aromatic nitrogens is 2. The Kier molecular flexibility index (Phi) is 4.78. The lowest BCUT2D eigenvalue weighted by molar-refractivity contribution is 0.659.